The molecule has 4 nitrogen and oxygen atoms in total. The molecule has 1 fully saturated rings. The third kappa shape index (κ3) is 3.64. The van der Waals surface area contributed by atoms with Crippen molar-refractivity contribution in [3.63, 3.8) is 0 Å². The molecule has 1 heterocycles. The third-order valence-corrected chi connectivity index (χ3v) is 4.59. The highest BCUT2D eigenvalue weighted by Gasteiger charge is 2.15. The summed E-state index contributed by atoms with van der Waals surface area (Å²) in [4.78, 5) is 12.5. The molecule has 4 heteroatoms. The van der Waals surface area contributed by atoms with E-state index in [-0.39, 0.29) is 5.91 Å². The number of rotatable bonds is 5. The Kier molecular flexibility index (Phi) is 5.13. The molecule has 0 saturated carbocycles. The van der Waals surface area contributed by atoms with Crippen LogP contribution in [0, 0.1) is 5.92 Å². The van der Waals surface area contributed by atoms with E-state index < -0.39 is 0 Å². The highest BCUT2D eigenvalue weighted by atomic mass is 16.5. The SMILES string of the molecule is COc1ccc(C(=O)NCCC2CCCNC2)c2ccccc12. The second-order valence-electron chi connectivity index (χ2n) is 6.12. The molecular formula is C19H24N2O2. The van der Waals surface area contributed by atoms with Crippen LogP contribution >= 0.6 is 0 Å². The van der Waals surface area contributed by atoms with Crippen molar-refractivity contribution in [2.45, 2.75) is 19.3 Å². The summed E-state index contributed by atoms with van der Waals surface area (Å²) in [6.07, 6.45) is 3.53. The zero-order valence-electron chi connectivity index (χ0n) is 13.6. The Hall–Kier alpha value is -2.07. The molecule has 2 aromatic rings. The minimum Gasteiger partial charge on any atom is -0.496 e. The number of hydrogen-bond acceptors (Lipinski definition) is 3. The molecule has 2 N–H and O–H groups in total. The maximum atomic E-state index is 12.5. The molecule has 0 aromatic heterocycles. The summed E-state index contributed by atoms with van der Waals surface area (Å²) >= 11 is 0. The van der Waals surface area contributed by atoms with Crippen LogP contribution in [0.4, 0.5) is 0 Å². The molecule has 0 bridgehead atoms. The van der Waals surface area contributed by atoms with E-state index in [4.69, 9.17) is 4.74 Å². The van der Waals surface area contributed by atoms with Gasteiger partial charge in [-0.1, -0.05) is 24.3 Å². The number of methoxy groups -OCH3 is 1. The van der Waals surface area contributed by atoms with E-state index in [1.54, 1.807) is 7.11 Å². The summed E-state index contributed by atoms with van der Waals surface area (Å²) in [6, 6.07) is 11.6. The van der Waals surface area contributed by atoms with Crippen LogP contribution in [0.25, 0.3) is 10.8 Å². The van der Waals surface area contributed by atoms with Crippen molar-refractivity contribution in [3.05, 3.63) is 42.0 Å². The molecule has 0 radical (unpaired) electrons. The van der Waals surface area contributed by atoms with E-state index in [9.17, 15) is 4.79 Å². The van der Waals surface area contributed by atoms with Gasteiger partial charge in [-0.15, -0.1) is 0 Å². The van der Waals surface area contributed by atoms with Gasteiger partial charge in [0, 0.05) is 17.5 Å². The number of carbonyl (C=O) groups is 1. The van der Waals surface area contributed by atoms with Crippen LogP contribution in [0.3, 0.4) is 0 Å². The van der Waals surface area contributed by atoms with Crippen LogP contribution < -0.4 is 15.4 Å². The summed E-state index contributed by atoms with van der Waals surface area (Å²) in [5.41, 5.74) is 0.711. The maximum Gasteiger partial charge on any atom is 0.251 e. The minimum atomic E-state index is -0.00683. The highest BCUT2D eigenvalue weighted by Crippen LogP contribution is 2.28. The molecule has 0 spiro atoms. The fourth-order valence-corrected chi connectivity index (χ4v) is 3.30. The third-order valence-electron chi connectivity index (χ3n) is 4.59. The quantitative estimate of drug-likeness (QED) is 0.892. The normalized spacial score (nSPS) is 17.9. The molecule has 1 unspecified atom stereocenters. The van der Waals surface area contributed by atoms with E-state index in [0.29, 0.717) is 11.5 Å². The fourth-order valence-electron chi connectivity index (χ4n) is 3.30. The first-order valence-electron chi connectivity index (χ1n) is 8.34. The summed E-state index contributed by atoms with van der Waals surface area (Å²) in [5, 5.41) is 8.39. The van der Waals surface area contributed by atoms with Crippen molar-refractivity contribution < 1.29 is 9.53 Å². The second-order valence-corrected chi connectivity index (χ2v) is 6.12. The van der Waals surface area contributed by atoms with Crippen LogP contribution in [0.1, 0.15) is 29.6 Å². The Morgan fingerprint density at radius 1 is 1.26 bits per heavy atom. The Balaban J connectivity index is 1.68. The predicted octanol–water partition coefficient (Wildman–Crippen LogP) is 2.97. The van der Waals surface area contributed by atoms with Crippen LogP contribution in [-0.4, -0.2) is 32.7 Å². The van der Waals surface area contributed by atoms with Gasteiger partial charge in [0.05, 0.1) is 7.11 Å². The minimum absolute atomic E-state index is 0.00683. The van der Waals surface area contributed by atoms with Crippen LogP contribution in [0.15, 0.2) is 36.4 Å². The Morgan fingerprint density at radius 3 is 2.83 bits per heavy atom. The summed E-state index contributed by atoms with van der Waals surface area (Å²) in [7, 11) is 1.65. The number of carbonyl (C=O) groups excluding carboxylic acids is 1. The number of benzene rings is 2. The van der Waals surface area contributed by atoms with Crippen LogP contribution in [-0.2, 0) is 0 Å². The lowest BCUT2D eigenvalue weighted by Gasteiger charge is -2.22. The lowest BCUT2D eigenvalue weighted by molar-refractivity contribution is 0.0952. The van der Waals surface area contributed by atoms with Gasteiger partial charge in [-0.25, -0.2) is 0 Å². The molecular weight excluding hydrogens is 288 g/mol. The van der Waals surface area contributed by atoms with Gasteiger partial charge in [-0.05, 0) is 55.8 Å². The fraction of sp³-hybridized carbons (Fsp3) is 0.421. The van der Waals surface area contributed by atoms with Gasteiger partial charge in [-0.2, -0.15) is 0 Å². The molecule has 1 saturated heterocycles. The Bertz CT molecular complexity index is 678. The van der Waals surface area contributed by atoms with Crippen molar-refractivity contribution >= 4 is 16.7 Å². The van der Waals surface area contributed by atoms with Crippen molar-refractivity contribution in [3.8, 4) is 5.75 Å². The zero-order chi connectivity index (χ0) is 16.1. The number of hydrogen-bond donors (Lipinski definition) is 2. The van der Waals surface area contributed by atoms with E-state index in [1.807, 2.05) is 36.4 Å². The monoisotopic (exact) mass is 312 g/mol. The van der Waals surface area contributed by atoms with Crippen LogP contribution in [0.5, 0.6) is 5.75 Å². The van der Waals surface area contributed by atoms with Gasteiger partial charge >= 0.3 is 0 Å². The van der Waals surface area contributed by atoms with E-state index in [0.717, 1.165) is 42.6 Å². The molecule has 23 heavy (non-hydrogen) atoms. The molecule has 1 aliphatic rings. The molecule has 122 valence electrons. The lowest BCUT2D eigenvalue weighted by atomic mass is 9.96. The van der Waals surface area contributed by atoms with Gasteiger partial charge < -0.3 is 15.4 Å². The number of piperidine rings is 1. The first kappa shape index (κ1) is 15.8. The van der Waals surface area contributed by atoms with E-state index >= 15 is 0 Å². The smallest absolute Gasteiger partial charge is 0.251 e. The summed E-state index contributed by atoms with van der Waals surface area (Å²) in [6.45, 7) is 2.92. The maximum absolute atomic E-state index is 12.5. The van der Waals surface area contributed by atoms with Crippen molar-refractivity contribution in [2.24, 2.45) is 5.92 Å². The molecule has 1 atom stereocenters. The van der Waals surface area contributed by atoms with Crippen molar-refractivity contribution in [1.82, 2.24) is 10.6 Å². The molecule has 0 aliphatic carbocycles. The lowest BCUT2D eigenvalue weighted by Crippen LogP contribution is -2.33. The predicted molar refractivity (Wildman–Crippen MR) is 93.0 cm³/mol. The molecule has 1 aliphatic heterocycles. The van der Waals surface area contributed by atoms with Gasteiger partial charge in [0.15, 0.2) is 0 Å². The molecule has 3 rings (SSSR count). The van der Waals surface area contributed by atoms with Crippen molar-refractivity contribution in [1.29, 1.82) is 0 Å². The molecule has 1 amide bonds. The average molecular weight is 312 g/mol. The number of fused-ring (bicyclic) bond motifs is 1. The van der Waals surface area contributed by atoms with Gasteiger partial charge in [-0.3, -0.25) is 4.79 Å². The summed E-state index contributed by atoms with van der Waals surface area (Å²) in [5.74, 6) is 1.47. The second kappa shape index (κ2) is 7.47. The Labute approximate surface area is 137 Å². The number of ether oxygens (including phenoxy) is 1. The first-order chi connectivity index (χ1) is 11.3. The van der Waals surface area contributed by atoms with E-state index in [2.05, 4.69) is 10.6 Å². The average Bonchev–Trinajstić information content (AvgIpc) is 2.61. The van der Waals surface area contributed by atoms with Crippen molar-refractivity contribution in [2.75, 3.05) is 26.7 Å². The summed E-state index contributed by atoms with van der Waals surface area (Å²) < 4.78 is 5.38. The number of amides is 1. The largest absolute Gasteiger partial charge is 0.496 e. The molecule has 2 aromatic carbocycles. The van der Waals surface area contributed by atoms with Gasteiger partial charge in [0.2, 0.25) is 0 Å². The van der Waals surface area contributed by atoms with Gasteiger partial charge in [0.1, 0.15) is 5.75 Å². The van der Waals surface area contributed by atoms with Gasteiger partial charge in [0.25, 0.3) is 5.91 Å². The van der Waals surface area contributed by atoms with E-state index in [1.165, 1.54) is 12.8 Å². The number of nitrogens with one attached hydrogen (secondary N) is 2. The first-order valence-corrected chi connectivity index (χ1v) is 8.34. The topological polar surface area (TPSA) is 50.4 Å². The standard InChI is InChI=1S/C19H24N2O2/c1-23-18-9-8-17(15-6-2-3-7-16(15)18)19(22)21-12-10-14-5-4-11-20-13-14/h2-3,6-9,14,20H,4-5,10-13H2,1H3,(H,21,22). The van der Waals surface area contributed by atoms with Crippen LogP contribution in [0.2, 0.25) is 0 Å². The highest BCUT2D eigenvalue weighted by molar-refractivity contribution is 6.08. The Morgan fingerprint density at radius 2 is 2.09 bits per heavy atom. The zero-order valence-corrected chi connectivity index (χ0v) is 13.6.